The van der Waals surface area contributed by atoms with Gasteiger partial charge in [0.15, 0.2) is 0 Å². The molecule has 1 aliphatic heterocycles. The van der Waals surface area contributed by atoms with Crippen molar-refractivity contribution in [3.05, 3.63) is 0 Å². The first-order valence-electron chi connectivity index (χ1n) is 5.38. The summed E-state index contributed by atoms with van der Waals surface area (Å²) in [4.78, 5) is 2.62. The molecule has 0 N–H and O–H groups in total. The minimum absolute atomic E-state index is 0.761. The number of nitrogens with zero attached hydrogens (tertiary/aromatic N) is 1. The van der Waals surface area contributed by atoms with E-state index in [2.05, 4.69) is 25.7 Å². The van der Waals surface area contributed by atoms with Crippen LogP contribution >= 0.6 is 0 Å². The monoisotopic (exact) mass is 167 g/mol. The third kappa shape index (κ3) is 1.28. The van der Waals surface area contributed by atoms with Gasteiger partial charge >= 0.3 is 0 Å². The highest BCUT2D eigenvalue weighted by Gasteiger charge is 2.51. The van der Waals surface area contributed by atoms with Crippen LogP contribution in [0.4, 0.5) is 0 Å². The van der Waals surface area contributed by atoms with Crippen molar-refractivity contribution in [3.63, 3.8) is 0 Å². The summed E-state index contributed by atoms with van der Waals surface area (Å²) in [7, 11) is 0. The van der Waals surface area contributed by atoms with Crippen molar-refractivity contribution in [1.29, 1.82) is 0 Å². The Morgan fingerprint density at radius 3 is 2.08 bits per heavy atom. The molecule has 1 saturated carbocycles. The molecule has 1 saturated heterocycles. The van der Waals surface area contributed by atoms with Gasteiger partial charge < -0.3 is 4.90 Å². The van der Waals surface area contributed by atoms with Crippen molar-refractivity contribution in [2.45, 2.75) is 46.1 Å². The molecule has 0 aromatic heterocycles. The molecule has 70 valence electrons. The molecule has 0 aromatic rings. The summed E-state index contributed by atoms with van der Waals surface area (Å²) in [5.41, 5.74) is 0.811. The molecule has 0 aromatic carbocycles. The average molecular weight is 167 g/mol. The lowest BCUT2D eigenvalue weighted by molar-refractivity contribution is 0.133. The van der Waals surface area contributed by atoms with Crippen molar-refractivity contribution < 1.29 is 0 Å². The predicted octanol–water partition coefficient (Wildman–Crippen LogP) is 2.52. The zero-order chi connectivity index (χ0) is 8.77. The smallest absolute Gasteiger partial charge is 0.00385 e. The standard InChI is InChI=1S/C11H21N/c1-9(2)12-6-4-11(5-7-12)8-10(11)3/h9-10H,4-8H2,1-3H3/t10-/m1/s1. The molecular formula is C11H21N. The van der Waals surface area contributed by atoms with Gasteiger partial charge in [0.25, 0.3) is 0 Å². The first-order chi connectivity index (χ1) is 5.64. The molecular weight excluding hydrogens is 146 g/mol. The lowest BCUT2D eigenvalue weighted by Gasteiger charge is -2.35. The summed E-state index contributed by atoms with van der Waals surface area (Å²) < 4.78 is 0. The van der Waals surface area contributed by atoms with Crippen LogP contribution in [0.5, 0.6) is 0 Å². The molecule has 1 heterocycles. The van der Waals surface area contributed by atoms with Crippen LogP contribution in [0.3, 0.4) is 0 Å². The second kappa shape index (κ2) is 2.73. The van der Waals surface area contributed by atoms with Crippen LogP contribution in [0.25, 0.3) is 0 Å². The largest absolute Gasteiger partial charge is 0.301 e. The van der Waals surface area contributed by atoms with E-state index in [1.807, 2.05) is 0 Å². The Morgan fingerprint density at radius 1 is 1.25 bits per heavy atom. The van der Waals surface area contributed by atoms with Crippen LogP contribution in [0, 0.1) is 11.3 Å². The van der Waals surface area contributed by atoms with Gasteiger partial charge in [0.1, 0.15) is 0 Å². The third-order valence-corrected chi connectivity index (χ3v) is 4.12. The molecule has 1 aliphatic carbocycles. The molecule has 2 rings (SSSR count). The van der Waals surface area contributed by atoms with E-state index in [4.69, 9.17) is 0 Å². The van der Waals surface area contributed by atoms with Gasteiger partial charge in [-0.1, -0.05) is 6.92 Å². The predicted molar refractivity (Wildman–Crippen MR) is 52.2 cm³/mol. The second-order valence-corrected chi connectivity index (χ2v) is 5.10. The van der Waals surface area contributed by atoms with Gasteiger partial charge in [-0.15, -0.1) is 0 Å². The van der Waals surface area contributed by atoms with Gasteiger partial charge in [0.05, 0.1) is 0 Å². The fraction of sp³-hybridized carbons (Fsp3) is 1.00. The van der Waals surface area contributed by atoms with Gasteiger partial charge in [-0.3, -0.25) is 0 Å². The molecule has 1 nitrogen and oxygen atoms in total. The number of likely N-dealkylation sites (tertiary alicyclic amines) is 1. The zero-order valence-electron chi connectivity index (χ0n) is 8.64. The Labute approximate surface area is 76.1 Å². The molecule has 0 unspecified atom stereocenters. The van der Waals surface area contributed by atoms with E-state index in [1.165, 1.54) is 32.4 Å². The number of rotatable bonds is 1. The van der Waals surface area contributed by atoms with Gasteiger partial charge in [-0.2, -0.15) is 0 Å². The van der Waals surface area contributed by atoms with Crippen LogP contribution in [0.15, 0.2) is 0 Å². The Bertz CT molecular complexity index is 166. The van der Waals surface area contributed by atoms with Crippen LogP contribution in [-0.2, 0) is 0 Å². The van der Waals surface area contributed by atoms with Crippen molar-refractivity contribution in [2.24, 2.45) is 11.3 Å². The zero-order valence-corrected chi connectivity index (χ0v) is 8.64. The van der Waals surface area contributed by atoms with E-state index in [-0.39, 0.29) is 0 Å². The van der Waals surface area contributed by atoms with E-state index in [9.17, 15) is 0 Å². The van der Waals surface area contributed by atoms with Gasteiger partial charge in [-0.25, -0.2) is 0 Å². The molecule has 0 amide bonds. The van der Waals surface area contributed by atoms with Crippen molar-refractivity contribution in [1.82, 2.24) is 4.90 Å². The van der Waals surface area contributed by atoms with Crippen molar-refractivity contribution >= 4 is 0 Å². The highest BCUT2D eigenvalue weighted by molar-refractivity contribution is 5.02. The number of hydrogen-bond donors (Lipinski definition) is 0. The Kier molecular flexibility index (Phi) is 1.95. The topological polar surface area (TPSA) is 3.24 Å². The molecule has 1 atom stereocenters. The SMILES string of the molecule is CC(C)N1CCC2(CC1)C[C@H]2C. The molecule has 1 heteroatoms. The summed E-state index contributed by atoms with van der Waals surface area (Å²) in [6.45, 7) is 9.75. The first kappa shape index (κ1) is 8.55. The maximum atomic E-state index is 2.62. The Balaban J connectivity index is 1.86. The molecule has 0 bridgehead atoms. The van der Waals surface area contributed by atoms with Crippen LogP contribution in [-0.4, -0.2) is 24.0 Å². The van der Waals surface area contributed by atoms with Crippen LogP contribution in [0.2, 0.25) is 0 Å². The summed E-state index contributed by atoms with van der Waals surface area (Å²) in [5, 5.41) is 0. The summed E-state index contributed by atoms with van der Waals surface area (Å²) >= 11 is 0. The van der Waals surface area contributed by atoms with E-state index in [0.717, 1.165) is 17.4 Å². The maximum Gasteiger partial charge on any atom is 0.00385 e. The second-order valence-electron chi connectivity index (χ2n) is 5.10. The number of piperidine rings is 1. The highest BCUT2D eigenvalue weighted by Crippen LogP contribution is 2.58. The van der Waals surface area contributed by atoms with Crippen molar-refractivity contribution in [3.8, 4) is 0 Å². The maximum absolute atomic E-state index is 2.62. The molecule has 12 heavy (non-hydrogen) atoms. The molecule has 2 fully saturated rings. The van der Waals surface area contributed by atoms with Crippen LogP contribution in [0.1, 0.15) is 40.0 Å². The van der Waals surface area contributed by atoms with E-state index < -0.39 is 0 Å². The fourth-order valence-electron chi connectivity index (χ4n) is 2.73. The van der Waals surface area contributed by atoms with Gasteiger partial charge in [0.2, 0.25) is 0 Å². The van der Waals surface area contributed by atoms with Crippen LogP contribution < -0.4 is 0 Å². The van der Waals surface area contributed by atoms with E-state index in [0.29, 0.717) is 0 Å². The third-order valence-electron chi connectivity index (χ3n) is 4.12. The first-order valence-corrected chi connectivity index (χ1v) is 5.38. The molecule has 2 aliphatic rings. The van der Waals surface area contributed by atoms with E-state index in [1.54, 1.807) is 0 Å². The normalized spacial score (nSPS) is 34.5. The minimum atomic E-state index is 0.761. The lowest BCUT2D eigenvalue weighted by atomic mass is 9.91. The highest BCUT2D eigenvalue weighted by atomic mass is 15.2. The molecule has 1 spiro atoms. The van der Waals surface area contributed by atoms with E-state index >= 15 is 0 Å². The summed E-state index contributed by atoms with van der Waals surface area (Å²) in [6.07, 6.45) is 4.44. The van der Waals surface area contributed by atoms with Crippen molar-refractivity contribution in [2.75, 3.05) is 13.1 Å². The van der Waals surface area contributed by atoms with Gasteiger partial charge in [0, 0.05) is 6.04 Å². The summed E-state index contributed by atoms with van der Waals surface area (Å²) in [6, 6.07) is 0.761. The average Bonchev–Trinajstić information content (AvgIpc) is 2.62. The summed E-state index contributed by atoms with van der Waals surface area (Å²) in [5.74, 6) is 1.03. The molecule has 0 radical (unpaired) electrons. The Hall–Kier alpha value is -0.0400. The Morgan fingerprint density at radius 2 is 1.75 bits per heavy atom. The quantitative estimate of drug-likeness (QED) is 0.580. The minimum Gasteiger partial charge on any atom is -0.301 e. The number of hydrogen-bond acceptors (Lipinski definition) is 1. The fourth-order valence-corrected chi connectivity index (χ4v) is 2.73. The van der Waals surface area contributed by atoms with Gasteiger partial charge in [-0.05, 0) is 57.5 Å². The lowest BCUT2D eigenvalue weighted by Crippen LogP contribution is -2.39.